The lowest BCUT2D eigenvalue weighted by Crippen LogP contribution is -2.30. The van der Waals surface area contributed by atoms with Gasteiger partial charge in [0.05, 0.1) is 4.90 Å². The summed E-state index contributed by atoms with van der Waals surface area (Å²) < 4.78 is 27.4. The van der Waals surface area contributed by atoms with E-state index < -0.39 is 10.0 Å². The van der Waals surface area contributed by atoms with Gasteiger partial charge in [-0.1, -0.05) is 15.9 Å². The minimum absolute atomic E-state index is 0.288. The van der Waals surface area contributed by atoms with Gasteiger partial charge in [0.15, 0.2) is 0 Å². The van der Waals surface area contributed by atoms with Gasteiger partial charge in [-0.25, -0.2) is 8.42 Å². The summed E-state index contributed by atoms with van der Waals surface area (Å²) >= 11 is 3.34. The molecular weight excluding hydrogens is 316 g/mol. The van der Waals surface area contributed by atoms with Gasteiger partial charge >= 0.3 is 0 Å². The van der Waals surface area contributed by atoms with Crippen LogP contribution in [0.1, 0.15) is 12.0 Å². The second-order valence-corrected chi connectivity index (χ2v) is 7.49. The van der Waals surface area contributed by atoms with E-state index in [1.165, 1.54) is 0 Å². The number of nitrogens with two attached hydrogens (primary N) is 1. The zero-order valence-corrected chi connectivity index (χ0v) is 12.7. The number of aryl methyl sites for hydroxylation is 1. The Labute approximate surface area is 116 Å². The highest BCUT2D eigenvalue weighted by Crippen LogP contribution is 2.27. The van der Waals surface area contributed by atoms with Gasteiger partial charge in [-0.3, -0.25) is 0 Å². The van der Waals surface area contributed by atoms with Crippen molar-refractivity contribution in [2.45, 2.75) is 18.2 Å². The molecule has 1 aliphatic rings. The van der Waals surface area contributed by atoms with Gasteiger partial charge in [0.1, 0.15) is 0 Å². The molecule has 0 radical (unpaired) electrons. The van der Waals surface area contributed by atoms with E-state index in [2.05, 4.69) is 15.9 Å². The van der Waals surface area contributed by atoms with Crippen LogP contribution < -0.4 is 5.73 Å². The smallest absolute Gasteiger partial charge is 0.243 e. The molecule has 1 heterocycles. The maximum atomic E-state index is 12.5. The fraction of sp³-hybridized carbons (Fsp3) is 0.500. The van der Waals surface area contributed by atoms with Crippen LogP contribution >= 0.6 is 15.9 Å². The quantitative estimate of drug-likeness (QED) is 0.916. The molecule has 2 rings (SSSR count). The Bertz CT molecular complexity index is 545. The van der Waals surface area contributed by atoms with E-state index in [1.54, 1.807) is 16.4 Å². The Hall–Kier alpha value is -0.430. The topological polar surface area (TPSA) is 63.4 Å². The largest absolute Gasteiger partial charge is 0.330 e. The number of halogens is 1. The first kappa shape index (κ1) is 14.0. The summed E-state index contributed by atoms with van der Waals surface area (Å²) in [5, 5.41) is 0. The monoisotopic (exact) mass is 332 g/mol. The highest BCUT2D eigenvalue weighted by Gasteiger charge is 2.32. The summed E-state index contributed by atoms with van der Waals surface area (Å²) in [6.07, 6.45) is 0.852. The van der Waals surface area contributed by atoms with Crippen LogP contribution in [0.4, 0.5) is 0 Å². The van der Waals surface area contributed by atoms with Crippen LogP contribution in [0.5, 0.6) is 0 Å². The first-order chi connectivity index (χ1) is 8.45. The molecule has 1 fully saturated rings. The summed E-state index contributed by atoms with van der Waals surface area (Å²) in [7, 11) is -3.37. The van der Waals surface area contributed by atoms with Crippen LogP contribution in [-0.4, -0.2) is 32.4 Å². The third-order valence-corrected chi connectivity index (χ3v) is 5.86. The molecule has 0 amide bonds. The van der Waals surface area contributed by atoms with Gasteiger partial charge in [0.2, 0.25) is 10.0 Å². The molecule has 18 heavy (non-hydrogen) atoms. The number of benzene rings is 1. The molecule has 4 nitrogen and oxygen atoms in total. The van der Waals surface area contributed by atoms with Gasteiger partial charge in [0.25, 0.3) is 0 Å². The predicted molar refractivity (Wildman–Crippen MR) is 74.8 cm³/mol. The van der Waals surface area contributed by atoms with Crippen molar-refractivity contribution in [2.24, 2.45) is 11.7 Å². The SMILES string of the molecule is Cc1cc(Br)ccc1S(=O)(=O)N1CCC(CN)C1. The van der Waals surface area contributed by atoms with Crippen molar-refractivity contribution in [3.63, 3.8) is 0 Å². The molecule has 1 aromatic carbocycles. The average Bonchev–Trinajstić information content (AvgIpc) is 2.77. The van der Waals surface area contributed by atoms with E-state index >= 15 is 0 Å². The second-order valence-electron chi connectivity index (χ2n) is 4.66. The zero-order valence-electron chi connectivity index (χ0n) is 10.3. The molecule has 0 spiro atoms. The molecule has 1 aromatic rings. The molecule has 1 saturated heterocycles. The van der Waals surface area contributed by atoms with Crippen molar-refractivity contribution in [2.75, 3.05) is 19.6 Å². The Balaban J connectivity index is 2.31. The van der Waals surface area contributed by atoms with Crippen molar-refractivity contribution in [1.29, 1.82) is 0 Å². The van der Waals surface area contributed by atoms with E-state index in [-0.39, 0.29) is 5.92 Å². The number of hydrogen-bond acceptors (Lipinski definition) is 3. The summed E-state index contributed by atoms with van der Waals surface area (Å²) in [4.78, 5) is 0.392. The van der Waals surface area contributed by atoms with Crippen molar-refractivity contribution >= 4 is 26.0 Å². The lowest BCUT2D eigenvalue weighted by Gasteiger charge is -2.18. The first-order valence-corrected chi connectivity index (χ1v) is 8.15. The van der Waals surface area contributed by atoms with Crippen LogP contribution in [0.3, 0.4) is 0 Å². The summed E-state index contributed by atoms with van der Waals surface area (Å²) in [5.74, 6) is 0.288. The van der Waals surface area contributed by atoms with Crippen molar-refractivity contribution < 1.29 is 8.42 Å². The molecule has 0 aromatic heterocycles. The number of nitrogens with zero attached hydrogens (tertiary/aromatic N) is 1. The first-order valence-electron chi connectivity index (χ1n) is 5.91. The van der Waals surface area contributed by atoms with E-state index in [0.717, 1.165) is 16.5 Å². The molecule has 1 atom stereocenters. The normalized spacial score (nSPS) is 21.4. The Morgan fingerprint density at radius 3 is 2.78 bits per heavy atom. The highest BCUT2D eigenvalue weighted by atomic mass is 79.9. The zero-order chi connectivity index (χ0) is 13.3. The number of hydrogen-bond donors (Lipinski definition) is 1. The fourth-order valence-corrected chi connectivity index (χ4v) is 4.46. The van der Waals surface area contributed by atoms with Crippen LogP contribution in [0.2, 0.25) is 0 Å². The third-order valence-electron chi connectivity index (χ3n) is 3.34. The van der Waals surface area contributed by atoms with Crippen molar-refractivity contribution in [1.82, 2.24) is 4.31 Å². The van der Waals surface area contributed by atoms with E-state index in [9.17, 15) is 8.42 Å². The van der Waals surface area contributed by atoms with E-state index in [1.807, 2.05) is 13.0 Å². The van der Waals surface area contributed by atoms with E-state index in [0.29, 0.717) is 24.5 Å². The van der Waals surface area contributed by atoms with Gasteiger partial charge in [-0.2, -0.15) is 4.31 Å². The molecule has 0 aliphatic carbocycles. The van der Waals surface area contributed by atoms with Gasteiger partial charge in [-0.15, -0.1) is 0 Å². The highest BCUT2D eigenvalue weighted by molar-refractivity contribution is 9.10. The molecule has 6 heteroatoms. The van der Waals surface area contributed by atoms with E-state index in [4.69, 9.17) is 5.73 Å². The number of sulfonamides is 1. The van der Waals surface area contributed by atoms with Crippen LogP contribution in [0.15, 0.2) is 27.6 Å². The van der Waals surface area contributed by atoms with Crippen molar-refractivity contribution in [3.8, 4) is 0 Å². The van der Waals surface area contributed by atoms with Gasteiger partial charge in [-0.05, 0) is 49.6 Å². The Morgan fingerprint density at radius 2 is 2.22 bits per heavy atom. The third kappa shape index (κ3) is 2.61. The van der Waals surface area contributed by atoms with Gasteiger partial charge in [0, 0.05) is 17.6 Å². The van der Waals surface area contributed by atoms with Crippen molar-refractivity contribution in [3.05, 3.63) is 28.2 Å². The lowest BCUT2D eigenvalue weighted by atomic mass is 10.1. The average molecular weight is 333 g/mol. The predicted octanol–water partition coefficient (Wildman–Crippen LogP) is 1.73. The molecule has 0 bridgehead atoms. The molecular formula is C12H17BrN2O2S. The summed E-state index contributed by atoms with van der Waals surface area (Å²) in [5.41, 5.74) is 6.36. The summed E-state index contributed by atoms with van der Waals surface area (Å²) in [6.45, 7) is 3.47. The standard InChI is InChI=1S/C12H17BrN2O2S/c1-9-6-11(13)2-3-12(9)18(16,17)15-5-4-10(7-14)8-15/h2-3,6,10H,4-5,7-8,14H2,1H3. The lowest BCUT2D eigenvalue weighted by molar-refractivity contribution is 0.458. The van der Waals surface area contributed by atoms with Gasteiger partial charge < -0.3 is 5.73 Å². The maximum Gasteiger partial charge on any atom is 0.243 e. The van der Waals surface area contributed by atoms with Crippen LogP contribution in [0.25, 0.3) is 0 Å². The van der Waals surface area contributed by atoms with Crippen LogP contribution in [-0.2, 0) is 10.0 Å². The molecule has 2 N–H and O–H groups in total. The summed E-state index contributed by atoms with van der Waals surface area (Å²) in [6, 6.07) is 5.24. The molecule has 0 saturated carbocycles. The number of rotatable bonds is 3. The Kier molecular flexibility index (Phi) is 4.11. The Morgan fingerprint density at radius 1 is 1.50 bits per heavy atom. The molecule has 1 aliphatic heterocycles. The second kappa shape index (κ2) is 5.28. The van der Waals surface area contributed by atoms with Crippen LogP contribution in [0, 0.1) is 12.8 Å². The molecule has 1 unspecified atom stereocenters. The maximum absolute atomic E-state index is 12.5. The minimum Gasteiger partial charge on any atom is -0.330 e. The molecule has 100 valence electrons. The fourth-order valence-electron chi connectivity index (χ4n) is 2.25. The minimum atomic E-state index is -3.37.